The molecule has 1 aromatic carbocycles. The van der Waals surface area contributed by atoms with E-state index in [1.165, 1.54) is 128 Å². The molecule has 0 amide bonds. The first-order valence-corrected chi connectivity index (χ1v) is 24.5. The lowest BCUT2D eigenvalue weighted by atomic mass is 9.91. The number of esters is 2. The van der Waals surface area contributed by atoms with Crippen molar-refractivity contribution in [1.29, 1.82) is 0 Å². The van der Waals surface area contributed by atoms with Crippen LogP contribution in [0.2, 0.25) is 0 Å². The van der Waals surface area contributed by atoms with Gasteiger partial charge in [0.25, 0.3) is 10.9 Å². The van der Waals surface area contributed by atoms with Crippen molar-refractivity contribution in [2.24, 2.45) is 5.92 Å². The highest BCUT2D eigenvalue weighted by molar-refractivity contribution is 5.73. The molecule has 2 N–H and O–H groups in total. The summed E-state index contributed by atoms with van der Waals surface area (Å²) in [5, 5.41) is 5.92. The predicted molar refractivity (Wildman–Crippen MR) is 250 cm³/mol. The molecule has 0 saturated heterocycles. The average molecular weight is 828 g/mol. The van der Waals surface area contributed by atoms with Crippen molar-refractivity contribution in [3.8, 4) is 0 Å². The summed E-state index contributed by atoms with van der Waals surface area (Å²) >= 11 is 0. The summed E-state index contributed by atoms with van der Waals surface area (Å²) in [6.07, 6.45) is 42.4. The lowest BCUT2D eigenvalue weighted by Gasteiger charge is -2.22. The minimum absolute atomic E-state index is 0.0790. The molecule has 0 aliphatic rings. The number of hydrogen-bond donors (Lipinski definition) is 2. The van der Waals surface area contributed by atoms with Crippen LogP contribution in [0.1, 0.15) is 207 Å². The average Bonchev–Trinajstić information content (AvgIpc) is 3.23. The zero-order chi connectivity index (χ0) is 43.0. The summed E-state index contributed by atoms with van der Waals surface area (Å²) in [6.45, 7) is 9.70. The quantitative estimate of drug-likeness (QED) is 0.0287. The van der Waals surface area contributed by atoms with E-state index in [1.807, 2.05) is 0 Å². The van der Waals surface area contributed by atoms with Crippen LogP contribution in [0.25, 0.3) is 0 Å². The van der Waals surface area contributed by atoms with Crippen LogP contribution >= 0.6 is 0 Å². The fourth-order valence-corrected chi connectivity index (χ4v) is 7.68. The molecule has 0 aromatic heterocycles. The molecule has 0 spiro atoms. The fourth-order valence-electron chi connectivity index (χ4n) is 7.68. The van der Waals surface area contributed by atoms with E-state index in [1.54, 1.807) is 7.05 Å². The van der Waals surface area contributed by atoms with Crippen molar-refractivity contribution < 1.29 is 19.1 Å². The van der Waals surface area contributed by atoms with Crippen LogP contribution in [-0.4, -0.2) is 63.3 Å². The Bertz CT molecular complexity index is 1270. The number of anilines is 2. The molecule has 0 aliphatic carbocycles. The number of rotatable bonds is 43. The minimum atomic E-state index is -0.474. The second-order valence-corrected chi connectivity index (χ2v) is 16.7. The van der Waals surface area contributed by atoms with Gasteiger partial charge in [-0.05, 0) is 76.8 Å². The van der Waals surface area contributed by atoms with E-state index in [9.17, 15) is 19.2 Å². The first-order valence-electron chi connectivity index (χ1n) is 24.5. The van der Waals surface area contributed by atoms with Crippen LogP contribution in [0.15, 0.2) is 33.9 Å². The van der Waals surface area contributed by atoms with Gasteiger partial charge in [0.1, 0.15) is 24.6 Å². The van der Waals surface area contributed by atoms with E-state index in [0.717, 1.165) is 58.0 Å². The maximum Gasteiger partial charge on any atom is 0.307 e. The Balaban J connectivity index is 2.42. The van der Waals surface area contributed by atoms with Gasteiger partial charge >= 0.3 is 11.9 Å². The van der Waals surface area contributed by atoms with Gasteiger partial charge in [0, 0.05) is 26.6 Å². The van der Waals surface area contributed by atoms with Crippen molar-refractivity contribution in [2.75, 3.05) is 57.1 Å². The SMILES string of the molecule is CCCCC/C=C\C/C=C\CCCCCCCCN(CCCNc1c(NC)c(=O)c1=O)CCC(=O)OCCOC(=O)CC(CCCCCCCC)CCCCCCCC. The number of hydrogen-bond acceptors (Lipinski definition) is 9. The minimum Gasteiger partial charge on any atom is -0.462 e. The van der Waals surface area contributed by atoms with E-state index in [4.69, 9.17) is 9.47 Å². The molecule has 0 unspecified atom stereocenters. The van der Waals surface area contributed by atoms with Crippen LogP contribution < -0.4 is 21.5 Å². The summed E-state index contributed by atoms with van der Waals surface area (Å²) in [7, 11) is 1.64. The van der Waals surface area contributed by atoms with Crippen molar-refractivity contribution in [2.45, 2.75) is 207 Å². The highest BCUT2D eigenvalue weighted by atomic mass is 16.6. The number of nitrogens with zero attached hydrogens (tertiary/aromatic N) is 1. The lowest BCUT2D eigenvalue weighted by Crippen LogP contribution is -2.37. The Kier molecular flexibility index (Phi) is 35.9. The van der Waals surface area contributed by atoms with E-state index >= 15 is 0 Å². The topological polar surface area (TPSA) is 114 Å². The smallest absolute Gasteiger partial charge is 0.307 e. The Hall–Kier alpha value is -2.94. The third-order valence-corrected chi connectivity index (χ3v) is 11.4. The molecule has 0 bridgehead atoms. The number of unbranched alkanes of at least 4 members (excludes halogenated alkanes) is 19. The normalized spacial score (nSPS) is 11.8. The first kappa shape index (κ1) is 54.1. The Morgan fingerprint density at radius 2 is 1.03 bits per heavy atom. The molecule has 0 heterocycles. The molecule has 0 saturated carbocycles. The summed E-state index contributed by atoms with van der Waals surface area (Å²) in [4.78, 5) is 51.5. The van der Waals surface area contributed by atoms with Crippen molar-refractivity contribution in [1.82, 2.24) is 4.90 Å². The molecule has 0 radical (unpaired) electrons. The maximum absolute atomic E-state index is 12.8. The van der Waals surface area contributed by atoms with Crippen LogP contribution in [-0.2, 0) is 19.1 Å². The molecule has 9 nitrogen and oxygen atoms in total. The third kappa shape index (κ3) is 29.9. The summed E-state index contributed by atoms with van der Waals surface area (Å²) in [5.74, 6) is -0.0958. The number of carbonyl (C=O) groups is 2. The molecule has 0 fully saturated rings. The van der Waals surface area contributed by atoms with E-state index in [2.05, 4.69) is 60.6 Å². The maximum atomic E-state index is 12.8. The molecule has 1 rings (SSSR count). The Labute approximate surface area is 361 Å². The monoisotopic (exact) mass is 828 g/mol. The van der Waals surface area contributed by atoms with E-state index in [-0.39, 0.29) is 31.6 Å². The largest absolute Gasteiger partial charge is 0.462 e. The van der Waals surface area contributed by atoms with Crippen molar-refractivity contribution in [3.05, 3.63) is 44.8 Å². The van der Waals surface area contributed by atoms with Crippen LogP contribution in [0.5, 0.6) is 0 Å². The zero-order valence-electron chi connectivity index (χ0n) is 38.5. The van der Waals surface area contributed by atoms with Crippen molar-refractivity contribution in [3.63, 3.8) is 0 Å². The molecule has 0 atom stereocenters. The number of carbonyl (C=O) groups excluding carboxylic acids is 2. The standard InChI is InChI=1S/C50H89N3O6/c1-5-8-11-14-17-18-19-20-21-22-23-24-25-26-29-32-38-53(39-33-37-52-48-47(51-4)49(56)50(48)57)40-36-45(54)58-41-42-59-46(55)43-44(34-30-27-15-12-9-6-2)35-31-28-16-13-10-7-3/h17-18,20-21,44,51-52H,5-16,19,22-43H2,1-4H3/b18-17-,21-20-. The van der Waals surface area contributed by atoms with Gasteiger partial charge in [-0.15, -0.1) is 0 Å². The van der Waals surface area contributed by atoms with Gasteiger partial charge in [-0.2, -0.15) is 0 Å². The fraction of sp³-hybridized carbons (Fsp3) is 0.800. The number of allylic oxidation sites excluding steroid dienone is 4. The molecule has 340 valence electrons. The molecular formula is C50H89N3O6. The van der Waals surface area contributed by atoms with Crippen LogP contribution in [0.4, 0.5) is 11.4 Å². The highest BCUT2D eigenvalue weighted by Gasteiger charge is 2.19. The van der Waals surface area contributed by atoms with Crippen LogP contribution in [0.3, 0.4) is 0 Å². The Morgan fingerprint density at radius 1 is 0.559 bits per heavy atom. The highest BCUT2D eigenvalue weighted by Crippen LogP contribution is 2.23. The second-order valence-electron chi connectivity index (χ2n) is 16.7. The molecule has 59 heavy (non-hydrogen) atoms. The van der Waals surface area contributed by atoms with E-state index in [0.29, 0.717) is 36.8 Å². The van der Waals surface area contributed by atoms with Gasteiger partial charge < -0.3 is 25.0 Å². The number of ether oxygens (including phenoxy) is 2. The van der Waals surface area contributed by atoms with Gasteiger partial charge in [0.15, 0.2) is 0 Å². The second kappa shape index (κ2) is 39.2. The van der Waals surface area contributed by atoms with Crippen molar-refractivity contribution >= 4 is 23.3 Å². The van der Waals surface area contributed by atoms with Gasteiger partial charge in [-0.1, -0.05) is 161 Å². The molecule has 1 aromatic rings. The van der Waals surface area contributed by atoms with Gasteiger partial charge in [-0.3, -0.25) is 19.2 Å². The van der Waals surface area contributed by atoms with Gasteiger partial charge in [0.2, 0.25) is 0 Å². The summed E-state index contributed by atoms with van der Waals surface area (Å²) in [6, 6.07) is 0. The van der Waals surface area contributed by atoms with E-state index < -0.39 is 10.9 Å². The van der Waals surface area contributed by atoms with Gasteiger partial charge in [-0.25, -0.2) is 0 Å². The first-order chi connectivity index (χ1) is 28.9. The summed E-state index contributed by atoms with van der Waals surface area (Å²) < 4.78 is 11.0. The molecular weight excluding hydrogens is 739 g/mol. The third-order valence-electron chi connectivity index (χ3n) is 11.4. The van der Waals surface area contributed by atoms with Gasteiger partial charge in [0.05, 0.1) is 6.42 Å². The van der Waals surface area contributed by atoms with Crippen LogP contribution in [0, 0.1) is 5.92 Å². The summed E-state index contributed by atoms with van der Waals surface area (Å²) in [5.41, 5.74) is -0.229. The predicted octanol–water partition coefficient (Wildman–Crippen LogP) is 12.2. The lowest BCUT2D eigenvalue weighted by molar-refractivity contribution is -0.153. The Morgan fingerprint density at radius 3 is 1.63 bits per heavy atom. The molecule has 9 heteroatoms. The number of nitrogens with one attached hydrogen (secondary N) is 2. The molecule has 0 aliphatic heterocycles. The zero-order valence-corrected chi connectivity index (χ0v) is 38.5.